The number of carbonyl (C=O) groups is 1. The highest BCUT2D eigenvalue weighted by atomic mass is 16.7. The highest BCUT2D eigenvalue weighted by molar-refractivity contribution is 5.69. The van der Waals surface area contributed by atoms with Crippen LogP contribution >= 0.6 is 0 Å². The first-order valence-electron chi connectivity index (χ1n) is 24.8. The minimum absolute atomic E-state index is 0.0624. The van der Waals surface area contributed by atoms with Gasteiger partial charge in [-0.3, -0.25) is 4.79 Å². The van der Waals surface area contributed by atoms with Gasteiger partial charge in [-0.05, 0) is 38.5 Å². The third-order valence-corrected chi connectivity index (χ3v) is 12.0. The summed E-state index contributed by atoms with van der Waals surface area (Å²) < 4.78 is 34.2. The van der Waals surface area contributed by atoms with Gasteiger partial charge in [0, 0.05) is 13.0 Å². The molecule has 11 unspecified atom stereocenters. The number of hydrogen-bond donors (Lipinski definition) is 7. The molecule has 0 aromatic heterocycles. The summed E-state index contributed by atoms with van der Waals surface area (Å²) in [6.07, 6.45) is 19.8. The molecule has 0 amide bonds. The molecular weight excluding hydrogens is 801 g/mol. The van der Waals surface area contributed by atoms with E-state index in [2.05, 4.69) is 26.0 Å². The van der Waals surface area contributed by atoms with Crippen molar-refractivity contribution in [3.8, 4) is 0 Å². The molecular formula is C48H90O14. The van der Waals surface area contributed by atoms with Crippen LogP contribution in [0.15, 0.2) is 12.2 Å². The molecule has 0 saturated carbocycles. The van der Waals surface area contributed by atoms with E-state index in [4.69, 9.17) is 28.4 Å². The molecule has 0 bridgehead atoms. The molecule has 0 radical (unpaired) electrons. The van der Waals surface area contributed by atoms with Crippen molar-refractivity contribution in [2.24, 2.45) is 0 Å². The molecule has 2 saturated heterocycles. The summed E-state index contributed by atoms with van der Waals surface area (Å²) in [6, 6.07) is 0. The number of aliphatic hydroxyl groups is 7. The van der Waals surface area contributed by atoms with Gasteiger partial charge in [0.1, 0.15) is 54.9 Å². The van der Waals surface area contributed by atoms with Gasteiger partial charge in [0.05, 0.1) is 26.4 Å². The van der Waals surface area contributed by atoms with Crippen LogP contribution < -0.4 is 0 Å². The number of hydrogen-bond acceptors (Lipinski definition) is 14. The third kappa shape index (κ3) is 24.9. The fourth-order valence-corrected chi connectivity index (χ4v) is 7.93. The molecule has 62 heavy (non-hydrogen) atoms. The number of esters is 1. The number of ether oxygens (including phenoxy) is 6. The van der Waals surface area contributed by atoms with Crippen molar-refractivity contribution in [1.29, 1.82) is 0 Å². The van der Waals surface area contributed by atoms with E-state index in [1.54, 1.807) is 0 Å². The van der Waals surface area contributed by atoms with Crippen molar-refractivity contribution in [3.05, 3.63) is 12.2 Å². The van der Waals surface area contributed by atoms with Crippen LogP contribution in [0.2, 0.25) is 0 Å². The lowest BCUT2D eigenvalue weighted by atomic mass is 9.98. The van der Waals surface area contributed by atoms with Crippen LogP contribution in [0.25, 0.3) is 0 Å². The summed E-state index contributed by atoms with van der Waals surface area (Å²) in [6.45, 7) is 3.67. The summed E-state index contributed by atoms with van der Waals surface area (Å²) >= 11 is 0. The van der Waals surface area contributed by atoms with E-state index in [1.807, 2.05) is 0 Å². The van der Waals surface area contributed by atoms with Crippen LogP contribution in [0, 0.1) is 0 Å². The smallest absolute Gasteiger partial charge is 0.306 e. The van der Waals surface area contributed by atoms with Crippen molar-refractivity contribution in [2.75, 3.05) is 33.0 Å². The van der Waals surface area contributed by atoms with Gasteiger partial charge in [0.15, 0.2) is 12.6 Å². The number of carbonyl (C=O) groups excluding carboxylic acids is 1. The van der Waals surface area contributed by atoms with Crippen molar-refractivity contribution in [3.63, 3.8) is 0 Å². The molecule has 0 aromatic rings. The topological polar surface area (TPSA) is 214 Å². The van der Waals surface area contributed by atoms with Gasteiger partial charge in [-0.1, -0.05) is 154 Å². The minimum atomic E-state index is -1.70. The Kier molecular flexibility index (Phi) is 33.8. The van der Waals surface area contributed by atoms with E-state index in [0.29, 0.717) is 13.0 Å². The molecule has 0 aliphatic carbocycles. The predicted molar refractivity (Wildman–Crippen MR) is 238 cm³/mol. The first-order chi connectivity index (χ1) is 30.1. The lowest BCUT2D eigenvalue weighted by molar-refractivity contribution is -0.332. The Hall–Kier alpha value is -1.27. The number of rotatable bonds is 39. The zero-order chi connectivity index (χ0) is 45.2. The standard InChI is InChI=1S/C48H90O14/c1-3-5-7-9-11-13-15-17-19-21-23-25-27-29-31-40(50)60-37(34-57-32-30-28-26-24-22-20-18-16-14-12-10-8-6-4-2)35-58-47-46(56)44(54)42(52)39(62-47)36-59-48-45(55)43(53)41(51)38(33-49)61-48/h14,16,37-39,41-49,51-56H,3-13,15,17-36H2,1-2H3/b16-14-. The van der Waals surface area contributed by atoms with Gasteiger partial charge in [0.2, 0.25) is 0 Å². The van der Waals surface area contributed by atoms with E-state index >= 15 is 0 Å². The molecule has 14 heteroatoms. The Balaban J connectivity index is 1.79. The highest BCUT2D eigenvalue weighted by Crippen LogP contribution is 2.26. The summed E-state index contributed by atoms with van der Waals surface area (Å²) in [5, 5.41) is 72.0. The lowest BCUT2D eigenvalue weighted by Gasteiger charge is -2.42. The Morgan fingerprint density at radius 2 is 0.952 bits per heavy atom. The van der Waals surface area contributed by atoms with Crippen LogP contribution in [-0.2, 0) is 33.2 Å². The largest absolute Gasteiger partial charge is 0.457 e. The Bertz CT molecular complexity index is 1080. The minimum Gasteiger partial charge on any atom is -0.457 e. The maximum Gasteiger partial charge on any atom is 0.306 e. The fourth-order valence-electron chi connectivity index (χ4n) is 7.93. The zero-order valence-corrected chi connectivity index (χ0v) is 38.6. The maximum atomic E-state index is 13.0. The molecule has 2 aliphatic heterocycles. The molecule has 2 heterocycles. The fraction of sp³-hybridized carbons (Fsp3) is 0.938. The van der Waals surface area contributed by atoms with Gasteiger partial charge >= 0.3 is 5.97 Å². The van der Waals surface area contributed by atoms with Crippen molar-refractivity contribution >= 4 is 5.97 Å². The first kappa shape index (κ1) is 56.9. The predicted octanol–water partition coefficient (Wildman–Crippen LogP) is 6.68. The Labute approximate surface area is 374 Å². The number of allylic oxidation sites excluding steroid dienone is 2. The zero-order valence-electron chi connectivity index (χ0n) is 38.6. The monoisotopic (exact) mass is 891 g/mol. The van der Waals surface area contributed by atoms with Crippen LogP contribution in [0.5, 0.6) is 0 Å². The van der Waals surface area contributed by atoms with Gasteiger partial charge in [-0.2, -0.15) is 0 Å². The van der Waals surface area contributed by atoms with Gasteiger partial charge in [0.25, 0.3) is 0 Å². The number of unbranched alkanes of at least 4 members (excludes halogenated alkanes) is 23. The average Bonchev–Trinajstić information content (AvgIpc) is 3.27. The normalized spacial score (nSPS) is 27.2. The lowest BCUT2D eigenvalue weighted by Crippen LogP contribution is -2.61. The molecule has 7 N–H and O–H groups in total. The SMILES string of the molecule is CCCCCC/C=C\CCCCCCCCOCC(COC1OC(COC2OC(CO)C(O)C(O)C2O)C(O)C(O)C1O)OC(=O)CCCCCCCCCCCCCCCC. The Morgan fingerprint density at radius 3 is 1.48 bits per heavy atom. The van der Waals surface area contributed by atoms with Crippen LogP contribution in [0.4, 0.5) is 0 Å². The summed E-state index contributed by atoms with van der Waals surface area (Å²) in [7, 11) is 0. The van der Waals surface area contributed by atoms with Gasteiger partial charge < -0.3 is 64.2 Å². The molecule has 0 spiro atoms. The Morgan fingerprint density at radius 1 is 0.516 bits per heavy atom. The first-order valence-corrected chi connectivity index (χ1v) is 24.8. The van der Waals surface area contributed by atoms with Crippen molar-refractivity contribution in [2.45, 2.75) is 255 Å². The second-order valence-corrected chi connectivity index (χ2v) is 17.6. The quantitative estimate of drug-likeness (QED) is 0.0195. The second-order valence-electron chi connectivity index (χ2n) is 17.6. The average molecular weight is 891 g/mol. The molecule has 2 aliphatic rings. The van der Waals surface area contributed by atoms with Crippen molar-refractivity contribution < 1.29 is 69.0 Å². The summed E-state index contributed by atoms with van der Waals surface area (Å²) in [4.78, 5) is 13.0. The van der Waals surface area contributed by atoms with Gasteiger partial charge in [-0.25, -0.2) is 0 Å². The third-order valence-electron chi connectivity index (χ3n) is 12.0. The highest BCUT2D eigenvalue weighted by Gasteiger charge is 2.47. The molecule has 0 aromatic carbocycles. The van der Waals surface area contributed by atoms with Crippen LogP contribution in [0.3, 0.4) is 0 Å². The van der Waals surface area contributed by atoms with E-state index in [1.165, 1.54) is 116 Å². The molecule has 366 valence electrons. The molecule has 11 atom stereocenters. The summed E-state index contributed by atoms with van der Waals surface area (Å²) in [5.41, 5.74) is 0. The van der Waals surface area contributed by atoms with E-state index in [0.717, 1.165) is 44.9 Å². The summed E-state index contributed by atoms with van der Waals surface area (Å²) in [5.74, 6) is -0.376. The second kappa shape index (κ2) is 36.9. The van der Waals surface area contributed by atoms with Crippen LogP contribution in [0.1, 0.15) is 187 Å². The molecule has 2 rings (SSSR count). The maximum absolute atomic E-state index is 13.0. The van der Waals surface area contributed by atoms with Crippen molar-refractivity contribution in [1.82, 2.24) is 0 Å². The molecule has 2 fully saturated rings. The van der Waals surface area contributed by atoms with E-state index < -0.39 is 80.7 Å². The molecule has 14 nitrogen and oxygen atoms in total. The number of aliphatic hydroxyl groups excluding tert-OH is 7. The van der Waals surface area contributed by atoms with E-state index in [-0.39, 0.29) is 25.6 Å². The van der Waals surface area contributed by atoms with Crippen LogP contribution in [-0.4, -0.2) is 142 Å². The van der Waals surface area contributed by atoms with E-state index in [9.17, 15) is 40.5 Å². The van der Waals surface area contributed by atoms with Gasteiger partial charge in [-0.15, -0.1) is 0 Å².